The van der Waals surface area contributed by atoms with E-state index in [0.717, 1.165) is 12.8 Å². The molecule has 0 spiro atoms. The number of hydrogen-bond donors (Lipinski definition) is 3. The molecule has 1 aliphatic carbocycles. The molecule has 0 radical (unpaired) electrons. The van der Waals surface area contributed by atoms with Crippen molar-refractivity contribution in [3.63, 3.8) is 0 Å². The number of hydrogen-bond acceptors (Lipinski definition) is 4. The summed E-state index contributed by atoms with van der Waals surface area (Å²) in [5.74, 6) is -0.316. The first kappa shape index (κ1) is 12.6. The molecule has 1 saturated carbocycles. The highest BCUT2D eigenvalue weighted by molar-refractivity contribution is 5.92. The maximum Gasteiger partial charge on any atom is 0.305 e. The van der Waals surface area contributed by atoms with Crippen LogP contribution >= 0.6 is 0 Å². The molecule has 1 atom stereocenters. The average molecular weight is 252 g/mol. The Kier molecular flexibility index (Phi) is 3.66. The summed E-state index contributed by atoms with van der Waals surface area (Å²) < 4.78 is 5.22. The molecule has 1 fully saturated rings. The van der Waals surface area contributed by atoms with Crippen LogP contribution in [0.1, 0.15) is 35.6 Å². The van der Waals surface area contributed by atoms with Crippen LogP contribution in [-0.4, -0.2) is 23.0 Å². The van der Waals surface area contributed by atoms with Crippen molar-refractivity contribution in [2.45, 2.75) is 31.8 Å². The van der Waals surface area contributed by atoms with Crippen molar-refractivity contribution in [3.05, 3.63) is 23.7 Å². The molecule has 98 valence electrons. The van der Waals surface area contributed by atoms with Gasteiger partial charge in [-0.3, -0.25) is 9.59 Å². The summed E-state index contributed by atoms with van der Waals surface area (Å²) in [5, 5.41) is 11.5. The number of aliphatic carboxylic acids is 1. The van der Waals surface area contributed by atoms with Crippen molar-refractivity contribution in [1.29, 1.82) is 0 Å². The number of carboxylic acids is 1. The van der Waals surface area contributed by atoms with Crippen molar-refractivity contribution in [1.82, 2.24) is 5.32 Å². The largest absolute Gasteiger partial charge is 0.481 e. The maximum atomic E-state index is 11.9. The Balaban J connectivity index is 1.97. The van der Waals surface area contributed by atoms with E-state index in [-0.39, 0.29) is 36.6 Å². The summed E-state index contributed by atoms with van der Waals surface area (Å²) >= 11 is 0. The molecule has 6 heteroatoms. The minimum Gasteiger partial charge on any atom is -0.481 e. The van der Waals surface area contributed by atoms with Gasteiger partial charge in [0.1, 0.15) is 5.76 Å². The molecule has 2 rings (SSSR count). The zero-order valence-electron chi connectivity index (χ0n) is 9.89. The van der Waals surface area contributed by atoms with Gasteiger partial charge in [-0.05, 0) is 30.9 Å². The molecule has 1 aliphatic rings. The Hall–Kier alpha value is -1.82. The first-order valence-corrected chi connectivity index (χ1v) is 5.91. The van der Waals surface area contributed by atoms with Crippen LogP contribution in [0.15, 0.2) is 16.5 Å². The molecule has 1 heterocycles. The van der Waals surface area contributed by atoms with Crippen molar-refractivity contribution in [3.8, 4) is 0 Å². The third-order valence-corrected chi connectivity index (χ3v) is 2.99. The molecule has 0 aromatic carbocycles. The van der Waals surface area contributed by atoms with Crippen molar-refractivity contribution in [2.24, 2.45) is 11.7 Å². The van der Waals surface area contributed by atoms with E-state index >= 15 is 0 Å². The lowest BCUT2D eigenvalue weighted by Crippen LogP contribution is -2.37. The third-order valence-electron chi connectivity index (χ3n) is 2.99. The molecule has 1 amide bonds. The van der Waals surface area contributed by atoms with Gasteiger partial charge in [-0.2, -0.15) is 0 Å². The van der Waals surface area contributed by atoms with Crippen molar-refractivity contribution >= 4 is 11.9 Å². The Morgan fingerprint density at radius 1 is 1.50 bits per heavy atom. The van der Waals surface area contributed by atoms with E-state index < -0.39 is 5.97 Å². The molecule has 0 saturated heterocycles. The van der Waals surface area contributed by atoms with Crippen LogP contribution in [0.25, 0.3) is 0 Å². The van der Waals surface area contributed by atoms with Gasteiger partial charge in [0, 0.05) is 6.04 Å². The fraction of sp³-hybridized carbons (Fsp3) is 0.500. The molecule has 0 bridgehead atoms. The van der Waals surface area contributed by atoms with Gasteiger partial charge in [-0.1, -0.05) is 0 Å². The molecular formula is C12H16N2O4. The van der Waals surface area contributed by atoms with Gasteiger partial charge < -0.3 is 20.6 Å². The van der Waals surface area contributed by atoms with Gasteiger partial charge in [0.15, 0.2) is 5.76 Å². The van der Waals surface area contributed by atoms with E-state index in [1.165, 1.54) is 0 Å². The highest BCUT2D eigenvalue weighted by atomic mass is 16.4. The van der Waals surface area contributed by atoms with Crippen LogP contribution in [0.3, 0.4) is 0 Å². The number of nitrogens with two attached hydrogens (primary N) is 1. The number of amides is 1. The maximum absolute atomic E-state index is 11.9. The normalized spacial score (nSPS) is 16.3. The lowest BCUT2D eigenvalue weighted by molar-refractivity contribution is -0.137. The van der Waals surface area contributed by atoms with Crippen LogP contribution in [-0.2, 0) is 11.3 Å². The zero-order valence-corrected chi connectivity index (χ0v) is 9.89. The van der Waals surface area contributed by atoms with Crippen LogP contribution < -0.4 is 11.1 Å². The number of carbonyl (C=O) groups is 2. The van der Waals surface area contributed by atoms with Crippen molar-refractivity contribution < 1.29 is 19.1 Å². The fourth-order valence-corrected chi connectivity index (χ4v) is 1.87. The van der Waals surface area contributed by atoms with Gasteiger partial charge >= 0.3 is 5.97 Å². The molecular weight excluding hydrogens is 236 g/mol. The number of carboxylic acid groups (broad SMARTS) is 1. The minimum absolute atomic E-state index is 0.0547. The van der Waals surface area contributed by atoms with E-state index in [2.05, 4.69) is 5.32 Å². The Morgan fingerprint density at radius 3 is 2.72 bits per heavy atom. The Labute approximate surface area is 104 Å². The first-order chi connectivity index (χ1) is 8.60. The van der Waals surface area contributed by atoms with Crippen LogP contribution in [0.4, 0.5) is 0 Å². The van der Waals surface area contributed by atoms with E-state index in [9.17, 15) is 9.59 Å². The van der Waals surface area contributed by atoms with Crippen molar-refractivity contribution in [2.75, 3.05) is 0 Å². The summed E-state index contributed by atoms with van der Waals surface area (Å²) in [4.78, 5) is 22.6. The second-order valence-electron chi connectivity index (χ2n) is 4.49. The standard InChI is InChI=1S/C12H16N2O4/c13-6-8-3-4-10(18-8)12(17)14-9(5-11(15)16)7-1-2-7/h3-4,7,9H,1-2,5-6,13H2,(H,14,17)(H,15,16). The van der Waals surface area contributed by atoms with Gasteiger partial charge in [0.2, 0.25) is 0 Å². The monoisotopic (exact) mass is 252 g/mol. The summed E-state index contributed by atoms with van der Waals surface area (Å²) in [5.41, 5.74) is 5.39. The predicted molar refractivity (Wildman–Crippen MR) is 62.8 cm³/mol. The van der Waals surface area contributed by atoms with E-state index in [1.54, 1.807) is 12.1 Å². The van der Waals surface area contributed by atoms with E-state index in [0.29, 0.717) is 5.76 Å². The third kappa shape index (κ3) is 3.10. The van der Waals surface area contributed by atoms with Gasteiger partial charge in [-0.15, -0.1) is 0 Å². The summed E-state index contributed by atoms with van der Waals surface area (Å²) in [6.07, 6.45) is 1.87. The lowest BCUT2D eigenvalue weighted by atomic mass is 10.1. The van der Waals surface area contributed by atoms with Gasteiger partial charge in [0.25, 0.3) is 5.91 Å². The smallest absolute Gasteiger partial charge is 0.305 e. The molecule has 1 aromatic rings. The first-order valence-electron chi connectivity index (χ1n) is 5.91. The summed E-state index contributed by atoms with van der Waals surface area (Å²) in [6.45, 7) is 0.231. The molecule has 6 nitrogen and oxygen atoms in total. The summed E-state index contributed by atoms with van der Waals surface area (Å²) in [7, 11) is 0. The molecule has 18 heavy (non-hydrogen) atoms. The highest BCUT2D eigenvalue weighted by Crippen LogP contribution is 2.34. The SMILES string of the molecule is NCc1ccc(C(=O)NC(CC(=O)O)C2CC2)o1. The predicted octanol–water partition coefficient (Wildman–Crippen LogP) is 0.721. The summed E-state index contributed by atoms with van der Waals surface area (Å²) in [6, 6.07) is 2.86. The fourth-order valence-electron chi connectivity index (χ4n) is 1.87. The van der Waals surface area contributed by atoms with Crippen LogP contribution in [0, 0.1) is 5.92 Å². The number of rotatable bonds is 6. The average Bonchev–Trinajstić information content (AvgIpc) is 3.05. The highest BCUT2D eigenvalue weighted by Gasteiger charge is 2.34. The van der Waals surface area contributed by atoms with E-state index in [4.69, 9.17) is 15.3 Å². The Morgan fingerprint density at radius 2 is 2.22 bits per heavy atom. The minimum atomic E-state index is -0.908. The zero-order chi connectivity index (χ0) is 13.1. The van der Waals surface area contributed by atoms with Gasteiger partial charge in [-0.25, -0.2) is 0 Å². The number of carbonyl (C=O) groups excluding carboxylic acids is 1. The number of furan rings is 1. The molecule has 1 unspecified atom stereocenters. The van der Waals surface area contributed by atoms with Crippen LogP contribution in [0.5, 0.6) is 0 Å². The van der Waals surface area contributed by atoms with Gasteiger partial charge in [0.05, 0.1) is 13.0 Å². The Bertz CT molecular complexity index is 451. The topological polar surface area (TPSA) is 106 Å². The van der Waals surface area contributed by atoms with Crippen LogP contribution in [0.2, 0.25) is 0 Å². The molecule has 4 N–H and O–H groups in total. The molecule has 0 aliphatic heterocycles. The second-order valence-corrected chi connectivity index (χ2v) is 4.49. The quantitative estimate of drug-likeness (QED) is 0.691. The molecule has 1 aromatic heterocycles. The number of nitrogens with one attached hydrogen (secondary N) is 1. The second kappa shape index (κ2) is 5.22. The lowest BCUT2D eigenvalue weighted by Gasteiger charge is -2.14. The van der Waals surface area contributed by atoms with E-state index in [1.807, 2.05) is 0 Å².